The number of hydrogen-bond acceptors (Lipinski definition) is 3. The number of amides is 2. The molecule has 0 radical (unpaired) electrons. The van der Waals surface area contributed by atoms with Crippen LogP contribution in [0.4, 0.5) is 0 Å². The Kier molecular flexibility index (Phi) is 6.70. The maximum atomic E-state index is 11.4. The molecule has 2 amide bonds. The Morgan fingerprint density at radius 2 is 2.00 bits per heavy atom. The predicted octanol–water partition coefficient (Wildman–Crippen LogP) is -0.388. The summed E-state index contributed by atoms with van der Waals surface area (Å²) in [7, 11) is 1.77. The highest BCUT2D eigenvalue weighted by Crippen LogP contribution is 2.07. The predicted molar refractivity (Wildman–Crippen MR) is 59.1 cm³/mol. The molecule has 0 fully saturated rings. The molecule has 0 aromatic carbocycles. The van der Waals surface area contributed by atoms with Crippen molar-refractivity contribution in [1.82, 2.24) is 10.6 Å². The molecule has 0 saturated carbocycles. The lowest BCUT2D eigenvalue weighted by Crippen LogP contribution is -2.48. The third kappa shape index (κ3) is 5.37. The smallest absolute Gasteiger partial charge is 0.240 e. The molecule has 4 N–H and O–H groups in total. The van der Waals surface area contributed by atoms with E-state index in [1.165, 1.54) is 0 Å². The van der Waals surface area contributed by atoms with Crippen molar-refractivity contribution in [2.75, 3.05) is 13.6 Å². The molecule has 0 heterocycles. The van der Waals surface area contributed by atoms with Gasteiger partial charge in [-0.25, -0.2) is 0 Å². The second kappa shape index (κ2) is 7.23. The summed E-state index contributed by atoms with van der Waals surface area (Å²) in [5.41, 5.74) is 5.22. The van der Waals surface area contributed by atoms with Crippen LogP contribution >= 0.6 is 0 Å². The Morgan fingerprint density at radius 3 is 2.40 bits per heavy atom. The molecular weight excluding hydrogens is 194 g/mol. The highest BCUT2D eigenvalue weighted by molar-refractivity contribution is 5.86. The van der Waals surface area contributed by atoms with E-state index >= 15 is 0 Å². The zero-order valence-corrected chi connectivity index (χ0v) is 9.67. The molecule has 0 saturated heterocycles. The summed E-state index contributed by atoms with van der Waals surface area (Å²) < 4.78 is 0. The van der Waals surface area contributed by atoms with E-state index in [4.69, 9.17) is 5.73 Å². The van der Waals surface area contributed by atoms with E-state index < -0.39 is 11.9 Å². The van der Waals surface area contributed by atoms with Crippen molar-refractivity contribution < 1.29 is 9.59 Å². The molecule has 0 aliphatic rings. The highest BCUT2D eigenvalue weighted by atomic mass is 16.2. The van der Waals surface area contributed by atoms with Crippen LogP contribution in [0.15, 0.2) is 0 Å². The minimum Gasteiger partial charge on any atom is -0.368 e. The fourth-order valence-corrected chi connectivity index (χ4v) is 1.21. The molecule has 0 aromatic rings. The molecule has 0 bridgehead atoms. The largest absolute Gasteiger partial charge is 0.368 e. The first-order chi connectivity index (χ1) is 7.02. The second-order valence-corrected chi connectivity index (χ2v) is 3.69. The number of carbonyl (C=O) groups is 2. The van der Waals surface area contributed by atoms with Crippen molar-refractivity contribution >= 4 is 11.8 Å². The van der Waals surface area contributed by atoms with Crippen molar-refractivity contribution in [3.63, 3.8) is 0 Å². The monoisotopic (exact) mass is 215 g/mol. The third-order valence-corrected chi connectivity index (χ3v) is 2.44. The van der Waals surface area contributed by atoms with Crippen molar-refractivity contribution in [3.8, 4) is 0 Å². The van der Waals surface area contributed by atoms with Gasteiger partial charge in [0.05, 0.1) is 0 Å². The van der Waals surface area contributed by atoms with E-state index in [-0.39, 0.29) is 11.8 Å². The first-order valence-electron chi connectivity index (χ1n) is 5.26. The molecule has 0 rings (SSSR count). The van der Waals surface area contributed by atoms with Crippen LogP contribution in [0.2, 0.25) is 0 Å². The van der Waals surface area contributed by atoms with Crippen LogP contribution < -0.4 is 16.4 Å². The number of carbonyl (C=O) groups excluding carboxylic acids is 2. The summed E-state index contributed by atoms with van der Waals surface area (Å²) in [6.07, 6.45) is 1.16. The summed E-state index contributed by atoms with van der Waals surface area (Å²) in [4.78, 5) is 22.5. The Balaban J connectivity index is 4.16. The van der Waals surface area contributed by atoms with Gasteiger partial charge in [-0.1, -0.05) is 20.3 Å². The normalized spacial score (nSPS) is 14.3. The van der Waals surface area contributed by atoms with Crippen LogP contribution in [0, 0.1) is 5.92 Å². The first-order valence-corrected chi connectivity index (χ1v) is 5.26. The summed E-state index contributed by atoms with van der Waals surface area (Å²) in [5.74, 6) is -0.545. The lowest BCUT2D eigenvalue weighted by atomic mass is 9.98. The van der Waals surface area contributed by atoms with E-state index in [0.29, 0.717) is 13.0 Å². The standard InChI is InChI=1S/C10H21N3O2/c1-4-7(2)9(10(11)15)13-8(14)5-6-12-3/h7,9,12H,4-6H2,1-3H3,(H2,11,15)(H,13,14). The number of nitrogens with one attached hydrogen (secondary N) is 2. The van der Waals surface area contributed by atoms with Gasteiger partial charge < -0.3 is 16.4 Å². The zero-order valence-electron chi connectivity index (χ0n) is 9.67. The van der Waals surface area contributed by atoms with E-state index in [1.807, 2.05) is 13.8 Å². The zero-order chi connectivity index (χ0) is 11.8. The molecule has 2 unspecified atom stereocenters. The van der Waals surface area contributed by atoms with Gasteiger partial charge in [-0.15, -0.1) is 0 Å². The molecule has 5 heteroatoms. The Hall–Kier alpha value is -1.10. The van der Waals surface area contributed by atoms with Crippen molar-refractivity contribution in [1.29, 1.82) is 0 Å². The minimum atomic E-state index is -0.556. The first kappa shape index (κ1) is 13.9. The summed E-state index contributed by atoms with van der Waals surface area (Å²) in [6, 6.07) is -0.556. The van der Waals surface area contributed by atoms with Crippen molar-refractivity contribution in [2.24, 2.45) is 11.7 Å². The molecule has 88 valence electrons. The van der Waals surface area contributed by atoms with Crippen LogP contribution in [0.25, 0.3) is 0 Å². The van der Waals surface area contributed by atoms with Crippen LogP contribution in [0.1, 0.15) is 26.7 Å². The number of rotatable bonds is 7. The van der Waals surface area contributed by atoms with Crippen LogP contribution in [0.3, 0.4) is 0 Å². The Morgan fingerprint density at radius 1 is 1.40 bits per heavy atom. The molecule has 0 aromatic heterocycles. The lowest BCUT2D eigenvalue weighted by Gasteiger charge is -2.21. The van der Waals surface area contributed by atoms with Gasteiger partial charge in [-0.3, -0.25) is 9.59 Å². The van der Waals surface area contributed by atoms with Crippen LogP contribution in [-0.4, -0.2) is 31.4 Å². The minimum absolute atomic E-state index is 0.0704. The van der Waals surface area contributed by atoms with Gasteiger partial charge in [0.1, 0.15) is 6.04 Å². The molecule has 5 nitrogen and oxygen atoms in total. The number of nitrogens with two attached hydrogens (primary N) is 1. The summed E-state index contributed by atoms with van der Waals surface area (Å²) >= 11 is 0. The van der Waals surface area contributed by atoms with Gasteiger partial charge in [0.25, 0.3) is 0 Å². The molecule has 2 atom stereocenters. The Bertz CT molecular complexity index is 219. The maximum absolute atomic E-state index is 11.4. The quantitative estimate of drug-likeness (QED) is 0.541. The molecule has 0 aliphatic heterocycles. The van der Waals surface area contributed by atoms with Gasteiger partial charge in [0, 0.05) is 13.0 Å². The van der Waals surface area contributed by atoms with Gasteiger partial charge >= 0.3 is 0 Å². The molecule has 0 spiro atoms. The lowest BCUT2D eigenvalue weighted by molar-refractivity contribution is -0.128. The maximum Gasteiger partial charge on any atom is 0.240 e. The van der Waals surface area contributed by atoms with Crippen molar-refractivity contribution in [2.45, 2.75) is 32.7 Å². The average Bonchev–Trinajstić information content (AvgIpc) is 2.21. The third-order valence-electron chi connectivity index (χ3n) is 2.44. The highest BCUT2D eigenvalue weighted by Gasteiger charge is 2.22. The van der Waals surface area contributed by atoms with Gasteiger partial charge in [0.2, 0.25) is 11.8 Å². The van der Waals surface area contributed by atoms with Gasteiger partial charge in [-0.2, -0.15) is 0 Å². The van der Waals surface area contributed by atoms with E-state index in [0.717, 1.165) is 6.42 Å². The van der Waals surface area contributed by atoms with E-state index in [1.54, 1.807) is 7.05 Å². The SMILES string of the molecule is CCC(C)C(NC(=O)CCNC)C(N)=O. The van der Waals surface area contributed by atoms with Crippen molar-refractivity contribution in [3.05, 3.63) is 0 Å². The molecular formula is C10H21N3O2. The summed E-state index contributed by atoms with van der Waals surface area (Å²) in [5, 5.41) is 5.52. The summed E-state index contributed by atoms with van der Waals surface area (Å²) in [6.45, 7) is 4.45. The molecule has 15 heavy (non-hydrogen) atoms. The van der Waals surface area contributed by atoms with Crippen LogP contribution in [-0.2, 0) is 9.59 Å². The van der Waals surface area contributed by atoms with E-state index in [2.05, 4.69) is 10.6 Å². The topological polar surface area (TPSA) is 84.2 Å². The Labute approximate surface area is 90.8 Å². The average molecular weight is 215 g/mol. The fraction of sp³-hybridized carbons (Fsp3) is 0.800. The molecule has 0 aliphatic carbocycles. The number of hydrogen-bond donors (Lipinski definition) is 3. The number of primary amides is 1. The van der Waals surface area contributed by atoms with Gasteiger partial charge in [0.15, 0.2) is 0 Å². The second-order valence-electron chi connectivity index (χ2n) is 3.69. The fourth-order valence-electron chi connectivity index (χ4n) is 1.21. The van der Waals surface area contributed by atoms with Gasteiger partial charge in [-0.05, 0) is 13.0 Å². The van der Waals surface area contributed by atoms with E-state index in [9.17, 15) is 9.59 Å². The van der Waals surface area contributed by atoms with Crippen LogP contribution in [0.5, 0.6) is 0 Å².